The van der Waals surface area contributed by atoms with Gasteiger partial charge in [-0.2, -0.15) is 0 Å². The molecule has 0 radical (unpaired) electrons. The van der Waals surface area contributed by atoms with Crippen molar-refractivity contribution in [3.8, 4) is 11.5 Å². The third-order valence-corrected chi connectivity index (χ3v) is 2.79. The average Bonchev–Trinajstić information content (AvgIpc) is 2.39. The van der Waals surface area contributed by atoms with Crippen LogP contribution in [0, 0.1) is 5.82 Å². The van der Waals surface area contributed by atoms with Crippen molar-refractivity contribution in [1.82, 2.24) is 0 Å². The molecule has 2 rings (SSSR count). The fraction of sp³-hybridized carbons (Fsp3) is 0.0714. The van der Waals surface area contributed by atoms with Crippen LogP contribution < -0.4 is 10.5 Å². The van der Waals surface area contributed by atoms with Crippen molar-refractivity contribution in [2.75, 3.05) is 0 Å². The summed E-state index contributed by atoms with van der Waals surface area (Å²) in [6.45, 7) is -0.173. The topological polar surface area (TPSA) is 55.5 Å². The molecular formula is C14H12FNO2S. The molecule has 0 aliphatic carbocycles. The number of thiocarbonyl (C=S) groups is 1. The standard InChI is InChI=1S/C14H12FNO2S/c15-10-5-3-7-12(13(10)14(16)19)18-11-6-2-1-4-9(11)8-17/h1-7,17H,8H2,(H2,16,19). The predicted octanol–water partition coefficient (Wildman–Crippen LogP) is 2.74. The van der Waals surface area contributed by atoms with Gasteiger partial charge in [0.2, 0.25) is 0 Å². The van der Waals surface area contributed by atoms with Gasteiger partial charge in [-0.3, -0.25) is 0 Å². The molecule has 5 heteroatoms. The summed E-state index contributed by atoms with van der Waals surface area (Å²) in [5, 5.41) is 9.22. The summed E-state index contributed by atoms with van der Waals surface area (Å²) in [6.07, 6.45) is 0. The number of halogens is 1. The number of ether oxygens (including phenoxy) is 1. The Labute approximate surface area is 115 Å². The molecule has 0 bridgehead atoms. The van der Waals surface area contributed by atoms with Gasteiger partial charge in [0.25, 0.3) is 0 Å². The van der Waals surface area contributed by atoms with E-state index in [0.717, 1.165) is 0 Å². The van der Waals surface area contributed by atoms with Crippen LogP contribution in [-0.2, 0) is 6.61 Å². The molecule has 0 spiro atoms. The fourth-order valence-electron chi connectivity index (χ4n) is 1.68. The molecule has 0 atom stereocenters. The maximum Gasteiger partial charge on any atom is 0.140 e. The zero-order valence-electron chi connectivity index (χ0n) is 9.97. The highest BCUT2D eigenvalue weighted by atomic mass is 32.1. The summed E-state index contributed by atoms with van der Waals surface area (Å²) < 4.78 is 19.3. The van der Waals surface area contributed by atoms with E-state index in [1.807, 2.05) is 0 Å². The minimum atomic E-state index is -0.536. The van der Waals surface area contributed by atoms with E-state index in [2.05, 4.69) is 0 Å². The number of nitrogens with two attached hydrogens (primary N) is 1. The highest BCUT2D eigenvalue weighted by molar-refractivity contribution is 7.80. The molecule has 0 unspecified atom stereocenters. The molecular weight excluding hydrogens is 265 g/mol. The predicted molar refractivity (Wildman–Crippen MR) is 74.7 cm³/mol. The van der Waals surface area contributed by atoms with Crippen LogP contribution >= 0.6 is 12.2 Å². The molecule has 0 aliphatic heterocycles. The number of rotatable bonds is 4. The smallest absolute Gasteiger partial charge is 0.140 e. The number of aliphatic hydroxyl groups is 1. The van der Waals surface area contributed by atoms with Gasteiger partial charge in [-0.05, 0) is 18.2 Å². The Hall–Kier alpha value is -1.98. The number of benzene rings is 2. The van der Waals surface area contributed by atoms with Gasteiger partial charge in [0.05, 0.1) is 12.2 Å². The van der Waals surface area contributed by atoms with Gasteiger partial charge in [0, 0.05) is 5.56 Å². The molecule has 19 heavy (non-hydrogen) atoms. The molecule has 0 amide bonds. The Kier molecular flexibility index (Phi) is 4.09. The van der Waals surface area contributed by atoms with E-state index in [1.165, 1.54) is 12.1 Å². The van der Waals surface area contributed by atoms with Crippen LogP contribution in [0.25, 0.3) is 0 Å². The second kappa shape index (κ2) is 5.77. The van der Waals surface area contributed by atoms with Crippen molar-refractivity contribution in [1.29, 1.82) is 0 Å². The van der Waals surface area contributed by atoms with E-state index in [-0.39, 0.29) is 22.9 Å². The SMILES string of the molecule is NC(=S)c1c(F)cccc1Oc1ccccc1CO. The largest absolute Gasteiger partial charge is 0.456 e. The van der Waals surface area contributed by atoms with Crippen LogP contribution in [0.2, 0.25) is 0 Å². The van der Waals surface area contributed by atoms with Gasteiger partial charge < -0.3 is 15.6 Å². The number of aliphatic hydroxyl groups excluding tert-OH is 1. The molecule has 2 aromatic carbocycles. The minimum Gasteiger partial charge on any atom is -0.456 e. The monoisotopic (exact) mass is 277 g/mol. The molecule has 2 aromatic rings. The Balaban J connectivity index is 2.44. The maximum atomic E-state index is 13.7. The number of hydrogen-bond acceptors (Lipinski definition) is 3. The van der Waals surface area contributed by atoms with Crippen molar-refractivity contribution < 1.29 is 14.2 Å². The molecule has 0 saturated carbocycles. The first-order valence-corrected chi connectivity index (χ1v) is 5.99. The average molecular weight is 277 g/mol. The van der Waals surface area contributed by atoms with Crippen LogP contribution in [0.3, 0.4) is 0 Å². The normalized spacial score (nSPS) is 10.2. The molecule has 98 valence electrons. The van der Waals surface area contributed by atoms with Gasteiger partial charge >= 0.3 is 0 Å². The van der Waals surface area contributed by atoms with E-state index in [0.29, 0.717) is 11.3 Å². The first kappa shape index (κ1) is 13.5. The molecule has 0 aromatic heterocycles. The lowest BCUT2D eigenvalue weighted by Gasteiger charge is -2.13. The van der Waals surface area contributed by atoms with Crippen molar-refractivity contribution in [3.05, 3.63) is 59.4 Å². The lowest BCUT2D eigenvalue weighted by molar-refractivity contribution is 0.276. The van der Waals surface area contributed by atoms with E-state index in [9.17, 15) is 9.50 Å². The summed E-state index contributed by atoms with van der Waals surface area (Å²) in [4.78, 5) is -0.0745. The highest BCUT2D eigenvalue weighted by Gasteiger charge is 2.14. The molecule has 0 heterocycles. The van der Waals surface area contributed by atoms with Gasteiger partial charge in [0.15, 0.2) is 0 Å². The summed E-state index contributed by atoms with van der Waals surface area (Å²) in [5.41, 5.74) is 6.16. The summed E-state index contributed by atoms with van der Waals surface area (Å²) >= 11 is 4.82. The van der Waals surface area contributed by atoms with Gasteiger partial charge in [0.1, 0.15) is 22.3 Å². The molecule has 0 fully saturated rings. The third-order valence-electron chi connectivity index (χ3n) is 2.58. The van der Waals surface area contributed by atoms with Crippen molar-refractivity contribution in [3.63, 3.8) is 0 Å². The Morgan fingerprint density at radius 1 is 1.16 bits per heavy atom. The van der Waals surface area contributed by atoms with Crippen LogP contribution in [-0.4, -0.2) is 10.1 Å². The second-order valence-electron chi connectivity index (χ2n) is 3.85. The van der Waals surface area contributed by atoms with E-state index in [1.54, 1.807) is 30.3 Å². The fourth-order valence-corrected chi connectivity index (χ4v) is 1.88. The molecule has 0 aliphatic rings. The quantitative estimate of drug-likeness (QED) is 0.844. The van der Waals surface area contributed by atoms with E-state index >= 15 is 0 Å². The maximum absolute atomic E-state index is 13.7. The van der Waals surface area contributed by atoms with Gasteiger partial charge in [-0.15, -0.1) is 0 Å². The Morgan fingerprint density at radius 3 is 2.53 bits per heavy atom. The third kappa shape index (κ3) is 2.89. The van der Waals surface area contributed by atoms with Crippen LogP contribution in [0.15, 0.2) is 42.5 Å². The van der Waals surface area contributed by atoms with E-state index < -0.39 is 5.82 Å². The van der Waals surface area contributed by atoms with Gasteiger partial charge in [-0.1, -0.05) is 36.5 Å². The lowest BCUT2D eigenvalue weighted by Crippen LogP contribution is -2.13. The zero-order valence-corrected chi connectivity index (χ0v) is 10.8. The molecule has 3 N–H and O–H groups in total. The molecule has 0 saturated heterocycles. The zero-order chi connectivity index (χ0) is 13.8. The second-order valence-corrected chi connectivity index (χ2v) is 4.28. The van der Waals surface area contributed by atoms with Crippen molar-refractivity contribution in [2.45, 2.75) is 6.61 Å². The van der Waals surface area contributed by atoms with Crippen LogP contribution in [0.5, 0.6) is 11.5 Å². The first-order valence-electron chi connectivity index (χ1n) is 5.58. The minimum absolute atomic E-state index is 0.0604. The summed E-state index contributed by atoms with van der Waals surface area (Å²) in [7, 11) is 0. The van der Waals surface area contributed by atoms with Crippen molar-refractivity contribution >= 4 is 17.2 Å². The molecule has 3 nitrogen and oxygen atoms in total. The summed E-state index contributed by atoms with van der Waals surface area (Å²) in [5.74, 6) is 0.132. The van der Waals surface area contributed by atoms with E-state index in [4.69, 9.17) is 22.7 Å². The highest BCUT2D eigenvalue weighted by Crippen LogP contribution is 2.29. The first-order chi connectivity index (χ1) is 9.13. The summed E-state index contributed by atoms with van der Waals surface area (Å²) in [6, 6.07) is 11.3. The number of hydrogen-bond donors (Lipinski definition) is 2. The van der Waals surface area contributed by atoms with Crippen molar-refractivity contribution in [2.24, 2.45) is 5.73 Å². The van der Waals surface area contributed by atoms with Gasteiger partial charge in [-0.25, -0.2) is 4.39 Å². The Morgan fingerprint density at radius 2 is 1.84 bits per heavy atom. The Bertz CT molecular complexity index is 616. The van der Waals surface area contributed by atoms with Crippen LogP contribution in [0.4, 0.5) is 4.39 Å². The lowest BCUT2D eigenvalue weighted by atomic mass is 10.1. The van der Waals surface area contributed by atoms with Crippen LogP contribution in [0.1, 0.15) is 11.1 Å². The number of para-hydroxylation sites is 1.